The largest absolute Gasteiger partial charge is 0.354 e. The third-order valence-corrected chi connectivity index (χ3v) is 2.98. The first-order valence-electron chi connectivity index (χ1n) is 4.27. The predicted molar refractivity (Wildman–Crippen MR) is 63.0 cm³/mol. The van der Waals surface area contributed by atoms with Gasteiger partial charge in [0.05, 0.1) is 15.8 Å². The van der Waals surface area contributed by atoms with E-state index in [0.717, 1.165) is 18.8 Å². The summed E-state index contributed by atoms with van der Waals surface area (Å²) in [6, 6.07) is 4.94. The summed E-state index contributed by atoms with van der Waals surface area (Å²) in [5.74, 6) is 0.503. The minimum Gasteiger partial charge on any atom is -0.354 e. The van der Waals surface area contributed by atoms with E-state index in [4.69, 9.17) is 0 Å². The highest BCUT2D eigenvalue weighted by atomic mass is 127. The highest BCUT2D eigenvalue weighted by Crippen LogP contribution is 2.20. The number of hydrogen-bond donors (Lipinski definition) is 2. The lowest BCUT2D eigenvalue weighted by molar-refractivity contribution is 0.621. The number of benzene rings is 1. The molecule has 2 N–H and O–H groups in total. The fraction of sp³-hybridized carbons (Fsp3) is 0.222. The monoisotopic (exact) mass is 305 g/mol. The van der Waals surface area contributed by atoms with Crippen LogP contribution in [-0.2, 0) is 0 Å². The summed E-state index contributed by atoms with van der Waals surface area (Å²) in [5, 5.41) is 6.11. The lowest BCUT2D eigenvalue weighted by Crippen LogP contribution is -2.26. The van der Waals surface area contributed by atoms with Crippen molar-refractivity contribution in [2.75, 3.05) is 18.4 Å². The molecular weight excluding hydrogens is 296 g/mol. The van der Waals surface area contributed by atoms with Crippen molar-refractivity contribution in [1.29, 1.82) is 0 Å². The zero-order chi connectivity index (χ0) is 9.97. The zero-order valence-corrected chi connectivity index (χ0v) is 9.51. The average molecular weight is 305 g/mol. The zero-order valence-electron chi connectivity index (χ0n) is 7.35. The molecule has 0 spiro atoms. The van der Waals surface area contributed by atoms with Crippen LogP contribution >= 0.6 is 22.6 Å². The second-order valence-corrected chi connectivity index (χ2v) is 3.96. The number of anilines is 1. The molecule has 0 saturated heterocycles. The lowest BCUT2D eigenvalue weighted by Gasteiger charge is -2.08. The van der Waals surface area contributed by atoms with Crippen LogP contribution in [0, 0.1) is 9.39 Å². The molecule has 1 aliphatic rings. The van der Waals surface area contributed by atoms with Gasteiger partial charge in [-0.25, -0.2) is 4.39 Å². The van der Waals surface area contributed by atoms with Gasteiger partial charge in [-0.15, -0.1) is 0 Å². The fourth-order valence-corrected chi connectivity index (χ4v) is 1.70. The predicted octanol–water partition coefficient (Wildman–Crippen LogP) is 1.80. The number of halogens is 2. The van der Waals surface area contributed by atoms with Gasteiger partial charge in [-0.05, 0) is 34.7 Å². The Balaban J connectivity index is 2.20. The number of hydrogen-bond acceptors (Lipinski definition) is 3. The van der Waals surface area contributed by atoms with Crippen molar-refractivity contribution in [2.24, 2.45) is 4.99 Å². The minimum absolute atomic E-state index is 0.214. The van der Waals surface area contributed by atoms with Crippen LogP contribution in [0.2, 0.25) is 0 Å². The van der Waals surface area contributed by atoms with Crippen LogP contribution in [0.25, 0.3) is 0 Å². The molecule has 1 aromatic carbocycles. The number of guanidine groups is 1. The van der Waals surface area contributed by atoms with Crippen LogP contribution in [0.4, 0.5) is 10.1 Å². The van der Waals surface area contributed by atoms with Gasteiger partial charge in [0.1, 0.15) is 5.82 Å². The van der Waals surface area contributed by atoms with Gasteiger partial charge >= 0.3 is 0 Å². The first kappa shape index (κ1) is 9.70. The van der Waals surface area contributed by atoms with Crippen LogP contribution in [0.5, 0.6) is 0 Å². The Bertz CT molecular complexity index is 378. The van der Waals surface area contributed by atoms with E-state index in [9.17, 15) is 4.39 Å². The third kappa shape index (κ3) is 1.97. The molecule has 3 nitrogen and oxygen atoms in total. The fourth-order valence-electron chi connectivity index (χ4n) is 1.21. The molecule has 14 heavy (non-hydrogen) atoms. The van der Waals surface area contributed by atoms with E-state index in [1.165, 1.54) is 6.07 Å². The van der Waals surface area contributed by atoms with Crippen molar-refractivity contribution in [2.45, 2.75) is 0 Å². The van der Waals surface area contributed by atoms with Gasteiger partial charge in [-0.1, -0.05) is 6.07 Å². The summed E-state index contributed by atoms with van der Waals surface area (Å²) in [5.41, 5.74) is 0.749. The number of aliphatic imine (C=N–C) groups is 1. The Morgan fingerprint density at radius 1 is 1.50 bits per heavy atom. The molecule has 0 fully saturated rings. The van der Waals surface area contributed by atoms with Crippen LogP contribution in [0.15, 0.2) is 23.2 Å². The molecule has 74 valence electrons. The molecule has 0 atom stereocenters. The van der Waals surface area contributed by atoms with E-state index in [1.807, 2.05) is 28.7 Å². The quantitative estimate of drug-likeness (QED) is 0.776. The van der Waals surface area contributed by atoms with Crippen molar-refractivity contribution in [3.63, 3.8) is 0 Å². The van der Waals surface area contributed by atoms with Crippen molar-refractivity contribution in [3.8, 4) is 0 Å². The van der Waals surface area contributed by atoms with Gasteiger partial charge < -0.3 is 10.6 Å². The Labute approximate surface area is 94.9 Å². The van der Waals surface area contributed by atoms with E-state index >= 15 is 0 Å². The summed E-state index contributed by atoms with van der Waals surface area (Å²) in [7, 11) is 0. The molecule has 0 aliphatic carbocycles. The van der Waals surface area contributed by atoms with Crippen molar-refractivity contribution >= 4 is 34.2 Å². The topological polar surface area (TPSA) is 36.4 Å². The number of nitrogens with zero attached hydrogens (tertiary/aromatic N) is 1. The standard InChI is InChI=1S/C9H9FIN3/c10-6-2-1-3-7(8(6)11)14-9-12-4-5-13-9/h1-3H,4-5H2,(H2,12,13,14). The molecule has 0 amide bonds. The summed E-state index contributed by atoms with van der Waals surface area (Å²) < 4.78 is 13.7. The Hall–Kier alpha value is -0.850. The minimum atomic E-state index is -0.214. The molecule has 2 rings (SSSR count). The number of rotatable bonds is 1. The molecule has 0 saturated carbocycles. The van der Waals surface area contributed by atoms with Gasteiger partial charge in [0.25, 0.3) is 0 Å². The maximum atomic E-state index is 13.1. The highest BCUT2D eigenvalue weighted by Gasteiger charge is 2.09. The number of nitrogens with one attached hydrogen (secondary N) is 2. The van der Waals surface area contributed by atoms with Crippen LogP contribution in [0.3, 0.4) is 0 Å². The van der Waals surface area contributed by atoms with E-state index in [0.29, 0.717) is 9.53 Å². The van der Waals surface area contributed by atoms with Gasteiger partial charge in [0.15, 0.2) is 5.96 Å². The Morgan fingerprint density at radius 2 is 2.36 bits per heavy atom. The maximum absolute atomic E-state index is 13.1. The molecule has 0 aromatic heterocycles. The third-order valence-electron chi connectivity index (χ3n) is 1.88. The normalized spacial score (nSPS) is 14.9. The van der Waals surface area contributed by atoms with Gasteiger partial charge in [-0.3, -0.25) is 4.99 Å². The first-order chi connectivity index (χ1) is 6.77. The summed E-state index contributed by atoms with van der Waals surface area (Å²) in [6.45, 7) is 1.61. The molecule has 0 bridgehead atoms. The smallest absolute Gasteiger partial charge is 0.195 e. The van der Waals surface area contributed by atoms with Gasteiger partial charge in [0, 0.05) is 6.54 Å². The average Bonchev–Trinajstić information content (AvgIpc) is 2.66. The molecule has 5 heteroatoms. The SMILES string of the molecule is Fc1cccc(NC2=NCCN2)c1I. The van der Waals surface area contributed by atoms with Crippen molar-refractivity contribution < 1.29 is 4.39 Å². The van der Waals surface area contributed by atoms with Crippen LogP contribution in [-0.4, -0.2) is 19.0 Å². The van der Waals surface area contributed by atoms with E-state index in [1.54, 1.807) is 6.07 Å². The second kappa shape index (κ2) is 4.12. The van der Waals surface area contributed by atoms with Crippen LogP contribution in [0.1, 0.15) is 0 Å². The molecule has 1 heterocycles. The van der Waals surface area contributed by atoms with Gasteiger partial charge in [0.2, 0.25) is 0 Å². The maximum Gasteiger partial charge on any atom is 0.195 e. The summed E-state index contributed by atoms with van der Waals surface area (Å²) in [4.78, 5) is 4.17. The van der Waals surface area contributed by atoms with E-state index < -0.39 is 0 Å². The van der Waals surface area contributed by atoms with Crippen LogP contribution < -0.4 is 10.6 Å². The summed E-state index contributed by atoms with van der Waals surface area (Å²) >= 11 is 1.97. The Morgan fingerprint density at radius 3 is 3.07 bits per heavy atom. The molecule has 0 radical (unpaired) electrons. The Kier molecular flexibility index (Phi) is 2.85. The molecule has 1 aromatic rings. The van der Waals surface area contributed by atoms with Crippen molar-refractivity contribution in [3.05, 3.63) is 27.6 Å². The molecular formula is C9H9FIN3. The highest BCUT2D eigenvalue weighted by molar-refractivity contribution is 14.1. The van der Waals surface area contributed by atoms with E-state index in [2.05, 4.69) is 15.6 Å². The second-order valence-electron chi connectivity index (χ2n) is 2.88. The lowest BCUT2D eigenvalue weighted by atomic mass is 10.3. The first-order valence-corrected chi connectivity index (χ1v) is 5.34. The van der Waals surface area contributed by atoms with E-state index in [-0.39, 0.29) is 5.82 Å². The van der Waals surface area contributed by atoms with Crippen molar-refractivity contribution in [1.82, 2.24) is 5.32 Å². The molecule has 1 aliphatic heterocycles. The summed E-state index contributed by atoms with van der Waals surface area (Å²) in [6.07, 6.45) is 0. The van der Waals surface area contributed by atoms with Gasteiger partial charge in [-0.2, -0.15) is 0 Å². The molecule has 0 unspecified atom stereocenters.